The molecule has 0 bridgehead atoms. The molecule has 13 unspecified atom stereocenters. The lowest BCUT2D eigenvalue weighted by Crippen LogP contribution is -2.51. The van der Waals surface area contributed by atoms with Crippen molar-refractivity contribution < 1.29 is 9.47 Å². The fourth-order valence-corrected chi connectivity index (χ4v) is 22.5. The van der Waals surface area contributed by atoms with Crippen LogP contribution in [-0.4, -0.2) is 57.5 Å². The minimum atomic E-state index is -1.63. The first kappa shape index (κ1) is 33.6. The molecule has 7 aliphatic rings. The number of likely N-dealkylation sites (tertiary alicyclic amines) is 1. The van der Waals surface area contributed by atoms with Gasteiger partial charge in [0.1, 0.15) is 0 Å². The van der Waals surface area contributed by atoms with Gasteiger partial charge in [0, 0.05) is 25.8 Å². The Morgan fingerprint density at radius 1 is 0.644 bits per heavy atom. The van der Waals surface area contributed by atoms with Gasteiger partial charge in [-0.3, -0.25) is 4.90 Å². The number of hydrogen-bond acceptors (Lipinski definition) is 3. The highest BCUT2D eigenvalue weighted by molar-refractivity contribution is 6.81. The molecule has 0 amide bonds. The maximum absolute atomic E-state index is 6.18. The number of rotatable bonds is 10. The second kappa shape index (κ2) is 13.8. The molecule has 258 valence electrons. The first-order valence-corrected chi connectivity index (χ1v) is 23.5. The van der Waals surface area contributed by atoms with E-state index < -0.39 is 8.07 Å². The average molecular weight is 640 g/mol. The zero-order chi connectivity index (χ0) is 31.3. The van der Waals surface area contributed by atoms with Crippen molar-refractivity contribution in [3.8, 4) is 0 Å². The van der Waals surface area contributed by atoms with Crippen LogP contribution in [0.25, 0.3) is 0 Å². The van der Waals surface area contributed by atoms with Crippen LogP contribution in [0.2, 0.25) is 23.7 Å². The first-order chi connectivity index (χ1) is 21.7. The van der Waals surface area contributed by atoms with Gasteiger partial charge in [-0.05, 0) is 131 Å². The van der Waals surface area contributed by atoms with Gasteiger partial charge in [-0.1, -0.05) is 89.6 Å². The average Bonchev–Trinajstić information content (AvgIpc) is 3.66. The zero-order valence-electron chi connectivity index (χ0n) is 30.6. The molecule has 1 heterocycles. The lowest BCUT2D eigenvalue weighted by atomic mass is 9.73. The normalized spacial score (nSPS) is 46.1. The molecular weight excluding hydrogens is 567 g/mol. The molecule has 0 aromatic carbocycles. The van der Waals surface area contributed by atoms with Gasteiger partial charge in [0.05, 0.1) is 19.8 Å². The van der Waals surface area contributed by atoms with E-state index in [2.05, 4.69) is 39.3 Å². The first-order valence-electron chi connectivity index (χ1n) is 20.6. The van der Waals surface area contributed by atoms with Crippen LogP contribution in [0.1, 0.15) is 143 Å². The second-order valence-electron chi connectivity index (χ2n) is 19.2. The molecule has 0 aromatic rings. The number of methoxy groups -OCH3 is 1. The second-order valence-corrected chi connectivity index (χ2v) is 24.0. The Hall–Kier alpha value is 0.0969. The van der Waals surface area contributed by atoms with Crippen molar-refractivity contribution in [1.29, 1.82) is 0 Å². The predicted octanol–water partition coefficient (Wildman–Crippen LogP) is 10.7. The number of unbranched alkanes of at least 4 members (excludes halogenated alkanes) is 3. The number of ether oxygens (including phenoxy) is 2. The molecule has 7 rings (SSSR count). The van der Waals surface area contributed by atoms with E-state index in [0.29, 0.717) is 6.10 Å². The predicted molar refractivity (Wildman–Crippen MR) is 191 cm³/mol. The van der Waals surface area contributed by atoms with Crippen LogP contribution in [0, 0.1) is 47.3 Å². The standard InChI is InChI=1S/C41H73NO2Si/c1-41(2,3)44-25-15-7-8-16-26-45(6,39-32-20-12-9-17-29(32)30-18-10-13-21-33(30)39)40-34-22-14-11-19-31(34)38-37(40)35-27-28(43-5)23-24-36(35)42(38)4/h28-40H,7-27H2,1-6H3. The summed E-state index contributed by atoms with van der Waals surface area (Å²) >= 11 is 0. The minimum absolute atomic E-state index is 0.00380. The number of hydrogen-bond donors (Lipinski definition) is 0. The monoisotopic (exact) mass is 640 g/mol. The molecule has 0 N–H and O–H groups in total. The third-order valence-corrected chi connectivity index (χ3v) is 22.3. The van der Waals surface area contributed by atoms with E-state index in [0.717, 1.165) is 77.1 Å². The maximum atomic E-state index is 6.18. The molecule has 6 saturated carbocycles. The van der Waals surface area contributed by atoms with Crippen molar-refractivity contribution in [2.24, 2.45) is 47.3 Å². The molecule has 0 radical (unpaired) electrons. The summed E-state index contributed by atoms with van der Waals surface area (Å²) < 4.78 is 12.3. The van der Waals surface area contributed by atoms with Crippen LogP contribution in [0.5, 0.6) is 0 Å². The highest BCUT2D eigenvalue weighted by Gasteiger charge is 2.69. The van der Waals surface area contributed by atoms with Gasteiger partial charge < -0.3 is 9.47 Å². The Morgan fingerprint density at radius 3 is 1.80 bits per heavy atom. The van der Waals surface area contributed by atoms with Crippen molar-refractivity contribution in [3.63, 3.8) is 0 Å². The van der Waals surface area contributed by atoms with Gasteiger partial charge in [0.2, 0.25) is 0 Å². The summed E-state index contributed by atoms with van der Waals surface area (Å²) in [5.74, 6) is 8.31. The molecular formula is C41H73NO2Si. The van der Waals surface area contributed by atoms with E-state index in [4.69, 9.17) is 9.47 Å². The van der Waals surface area contributed by atoms with Gasteiger partial charge >= 0.3 is 0 Å². The maximum Gasteiger partial charge on any atom is 0.0598 e. The topological polar surface area (TPSA) is 21.7 Å². The van der Waals surface area contributed by atoms with Crippen LogP contribution in [-0.2, 0) is 9.47 Å². The number of nitrogens with zero attached hydrogens (tertiary/aromatic N) is 1. The van der Waals surface area contributed by atoms with Crippen LogP contribution in [0.4, 0.5) is 0 Å². The summed E-state index contributed by atoms with van der Waals surface area (Å²) in [4.78, 5) is 3.04. The quantitative estimate of drug-likeness (QED) is 0.175. The van der Waals surface area contributed by atoms with Crippen molar-refractivity contribution in [1.82, 2.24) is 4.90 Å². The zero-order valence-corrected chi connectivity index (χ0v) is 31.6. The van der Waals surface area contributed by atoms with Crippen LogP contribution in [0.3, 0.4) is 0 Å². The van der Waals surface area contributed by atoms with Crippen LogP contribution in [0.15, 0.2) is 0 Å². The molecule has 1 saturated heterocycles. The highest BCUT2D eigenvalue weighted by Crippen LogP contribution is 2.72. The molecule has 3 nitrogen and oxygen atoms in total. The largest absolute Gasteiger partial charge is 0.381 e. The summed E-state index contributed by atoms with van der Waals surface area (Å²) in [7, 11) is 2.99. The van der Waals surface area contributed by atoms with Crippen molar-refractivity contribution in [2.75, 3.05) is 20.8 Å². The molecule has 13 atom stereocenters. The van der Waals surface area contributed by atoms with Crippen LogP contribution >= 0.6 is 0 Å². The lowest BCUT2D eigenvalue weighted by molar-refractivity contribution is -0.00471. The summed E-state index contributed by atoms with van der Waals surface area (Å²) in [5, 5.41) is 0. The molecule has 0 spiro atoms. The van der Waals surface area contributed by atoms with E-state index in [1.165, 1.54) is 70.6 Å². The Kier molecular flexibility index (Phi) is 10.3. The van der Waals surface area contributed by atoms with Gasteiger partial charge in [0.25, 0.3) is 0 Å². The Bertz CT molecular complexity index is 959. The SMILES string of the molecule is COC1CCC2C(C1)C1C(C3CCCCC3C1[Si](C)(CCCCCCOC(C)(C)C)C1C3CCCCC3C3CCCCC31)N2C. The van der Waals surface area contributed by atoms with E-state index in [1.807, 2.05) is 7.11 Å². The third kappa shape index (κ3) is 6.22. The molecule has 7 fully saturated rings. The molecule has 1 aliphatic heterocycles. The molecule has 6 aliphatic carbocycles. The Morgan fingerprint density at radius 2 is 1.20 bits per heavy atom. The molecule has 45 heavy (non-hydrogen) atoms. The third-order valence-electron chi connectivity index (χ3n) is 16.1. The lowest BCUT2D eigenvalue weighted by Gasteiger charge is -2.52. The van der Waals surface area contributed by atoms with Gasteiger partial charge in [-0.25, -0.2) is 0 Å². The van der Waals surface area contributed by atoms with E-state index in [-0.39, 0.29) is 5.60 Å². The van der Waals surface area contributed by atoms with Crippen molar-refractivity contribution in [2.45, 2.75) is 190 Å². The number of fused-ring (bicyclic) bond motifs is 8. The Labute approximate surface area is 280 Å². The summed E-state index contributed by atoms with van der Waals surface area (Å²) in [6, 6.07) is 3.38. The fraction of sp³-hybridized carbons (Fsp3) is 1.00. The minimum Gasteiger partial charge on any atom is -0.381 e. The molecule has 0 aromatic heterocycles. The summed E-state index contributed by atoms with van der Waals surface area (Å²) in [6.45, 7) is 10.7. The van der Waals surface area contributed by atoms with Gasteiger partial charge in [-0.2, -0.15) is 0 Å². The summed E-state index contributed by atoms with van der Waals surface area (Å²) in [6.07, 6.45) is 28.8. The highest BCUT2D eigenvalue weighted by atomic mass is 28.3. The van der Waals surface area contributed by atoms with E-state index in [1.54, 1.807) is 57.4 Å². The smallest absolute Gasteiger partial charge is 0.0598 e. The summed E-state index contributed by atoms with van der Waals surface area (Å²) in [5.41, 5.74) is 2.22. The Balaban J connectivity index is 1.22. The van der Waals surface area contributed by atoms with Gasteiger partial charge in [0.15, 0.2) is 0 Å². The van der Waals surface area contributed by atoms with E-state index >= 15 is 0 Å². The van der Waals surface area contributed by atoms with E-state index in [9.17, 15) is 0 Å². The molecule has 4 heteroatoms. The van der Waals surface area contributed by atoms with Crippen LogP contribution < -0.4 is 0 Å². The van der Waals surface area contributed by atoms with Crippen molar-refractivity contribution in [3.05, 3.63) is 0 Å². The van der Waals surface area contributed by atoms with Gasteiger partial charge in [-0.15, -0.1) is 0 Å². The fourth-order valence-electron chi connectivity index (χ4n) is 14.9. The van der Waals surface area contributed by atoms with Crippen molar-refractivity contribution >= 4 is 8.07 Å².